The maximum Gasteiger partial charge on any atom is 0.410 e. The van der Waals surface area contributed by atoms with Crippen LogP contribution in [0.5, 0.6) is 0 Å². The van der Waals surface area contributed by atoms with E-state index in [1.807, 2.05) is 108 Å². The van der Waals surface area contributed by atoms with Crippen molar-refractivity contribution < 1.29 is 24.0 Å². The number of hydrogen-bond acceptors (Lipinski definition) is 5. The maximum atomic E-state index is 12.9. The van der Waals surface area contributed by atoms with E-state index in [1.165, 1.54) is 5.06 Å². The molecule has 0 radical (unpaired) electrons. The van der Waals surface area contributed by atoms with Gasteiger partial charge in [-0.3, -0.25) is 14.4 Å². The average Bonchev–Trinajstić information content (AvgIpc) is 2.90. The van der Waals surface area contributed by atoms with Gasteiger partial charge in [0, 0.05) is 25.2 Å². The van der Waals surface area contributed by atoms with Crippen molar-refractivity contribution in [2.24, 2.45) is 0 Å². The molecular formula is C33H43N3O5. The van der Waals surface area contributed by atoms with Crippen LogP contribution in [0.15, 0.2) is 66.7 Å². The summed E-state index contributed by atoms with van der Waals surface area (Å²) in [6, 6.07) is 21.5. The van der Waals surface area contributed by atoms with Crippen LogP contribution in [-0.2, 0) is 27.3 Å². The lowest BCUT2D eigenvalue weighted by atomic mass is 10.1. The zero-order chi connectivity index (χ0) is 30.0. The number of nitrogens with zero attached hydrogens (tertiary/aromatic N) is 2. The van der Waals surface area contributed by atoms with E-state index in [0.29, 0.717) is 38.2 Å². The van der Waals surface area contributed by atoms with E-state index in [-0.39, 0.29) is 5.91 Å². The van der Waals surface area contributed by atoms with Gasteiger partial charge in [0.2, 0.25) is 6.41 Å². The molecule has 0 heterocycles. The molecule has 3 aromatic carbocycles. The summed E-state index contributed by atoms with van der Waals surface area (Å²) in [5.41, 5.74) is 1.59. The Labute approximate surface area is 243 Å². The van der Waals surface area contributed by atoms with Crippen LogP contribution in [0.25, 0.3) is 10.8 Å². The number of nitrogens with one attached hydrogen (secondary N) is 1. The molecule has 220 valence electrons. The van der Waals surface area contributed by atoms with Crippen LogP contribution < -0.4 is 5.32 Å². The number of rotatable bonds is 12. The fourth-order valence-corrected chi connectivity index (χ4v) is 4.27. The topological polar surface area (TPSA) is 88.2 Å². The second-order valence-corrected chi connectivity index (χ2v) is 12.1. The van der Waals surface area contributed by atoms with Gasteiger partial charge in [0.1, 0.15) is 5.60 Å². The Balaban J connectivity index is 1.54. The van der Waals surface area contributed by atoms with Crippen LogP contribution >= 0.6 is 0 Å². The van der Waals surface area contributed by atoms with Crippen LogP contribution in [0.1, 0.15) is 69.4 Å². The van der Waals surface area contributed by atoms with Gasteiger partial charge < -0.3 is 15.0 Å². The minimum Gasteiger partial charge on any atom is -0.444 e. The van der Waals surface area contributed by atoms with Gasteiger partial charge in [-0.25, -0.2) is 9.86 Å². The van der Waals surface area contributed by atoms with Gasteiger partial charge in [-0.05, 0) is 88.4 Å². The number of benzene rings is 3. The van der Waals surface area contributed by atoms with Gasteiger partial charge in [-0.1, -0.05) is 54.6 Å². The molecule has 1 N–H and O–H groups in total. The highest BCUT2D eigenvalue weighted by Gasteiger charge is 2.22. The molecule has 3 aromatic rings. The minimum atomic E-state index is -0.619. The first-order valence-corrected chi connectivity index (χ1v) is 14.1. The lowest BCUT2D eigenvalue weighted by Gasteiger charge is -2.27. The minimum absolute atomic E-state index is 0.180. The van der Waals surface area contributed by atoms with Crippen molar-refractivity contribution in [2.45, 2.75) is 72.1 Å². The molecule has 0 aromatic heterocycles. The highest BCUT2D eigenvalue weighted by atomic mass is 16.7. The zero-order valence-electron chi connectivity index (χ0n) is 25.1. The summed E-state index contributed by atoms with van der Waals surface area (Å²) >= 11 is 0. The molecular weight excluding hydrogens is 518 g/mol. The van der Waals surface area contributed by atoms with E-state index in [2.05, 4.69) is 5.32 Å². The first-order valence-electron chi connectivity index (χ1n) is 14.1. The Morgan fingerprint density at radius 3 is 2.12 bits per heavy atom. The lowest BCUT2D eigenvalue weighted by molar-refractivity contribution is -0.220. The average molecular weight is 562 g/mol. The SMILES string of the molecule is CC(C)(C)OC(=O)N(CCCc1ccc(CN(C=O)OC(C)(C)C)cc1)CCNC(=O)c1ccc2ccccc2c1. The Morgan fingerprint density at radius 2 is 1.49 bits per heavy atom. The third kappa shape index (κ3) is 10.9. The monoisotopic (exact) mass is 561 g/mol. The van der Waals surface area contributed by atoms with Crippen molar-refractivity contribution in [2.75, 3.05) is 19.6 Å². The van der Waals surface area contributed by atoms with Crippen molar-refractivity contribution in [3.63, 3.8) is 0 Å². The van der Waals surface area contributed by atoms with E-state index in [4.69, 9.17) is 9.57 Å². The van der Waals surface area contributed by atoms with E-state index >= 15 is 0 Å². The van der Waals surface area contributed by atoms with E-state index in [0.717, 1.165) is 34.7 Å². The van der Waals surface area contributed by atoms with Gasteiger partial charge >= 0.3 is 6.09 Å². The number of carbonyl (C=O) groups is 3. The third-order valence-corrected chi connectivity index (χ3v) is 6.09. The third-order valence-electron chi connectivity index (χ3n) is 6.09. The summed E-state index contributed by atoms with van der Waals surface area (Å²) in [5, 5.41) is 6.31. The first kappa shape index (κ1) is 31.6. The van der Waals surface area contributed by atoms with Crippen molar-refractivity contribution in [1.82, 2.24) is 15.3 Å². The molecule has 0 unspecified atom stereocenters. The molecule has 3 amide bonds. The van der Waals surface area contributed by atoms with Gasteiger partial charge in [0.05, 0.1) is 12.1 Å². The number of carbonyl (C=O) groups excluding carboxylic acids is 3. The maximum absolute atomic E-state index is 12.9. The summed E-state index contributed by atoms with van der Waals surface area (Å²) in [4.78, 5) is 44.3. The largest absolute Gasteiger partial charge is 0.444 e. The standard InChI is InChI=1S/C33H43N3O5/c1-32(2,3)40-31(39)35(21-19-34-30(38)29-18-17-27-11-7-8-12-28(27)22-29)20-9-10-25-13-15-26(16-14-25)23-36(24-37)41-33(4,5)6/h7-8,11-18,22,24H,9-10,19-21,23H2,1-6H3,(H,34,38). The molecule has 0 fully saturated rings. The van der Waals surface area contributed by atoms with Crippen molar-refractivity contribution in [3.8, 4) is 0 Å². The summed E-state index contributed by atoms with van der Waals surface area (Å²) in [6.45, 7) is 12.7. The highest BCUT2D eigenvalue weighted by molar-refractivity contribution is 5.98. The number of amides is 3. The fraction of sp³-hybridized carbons (Fsp3) is 0.424. The summed E-state index contributed by atoms with van der Waals surface area (Å²) < 4.78 is 5.62. The Hall–Kier alpha value is -3.91. The number of ether oxygens (including phenoxy) is 1. The molecule has 0 spiro atoms. The molecule has 3 rings (SSSR count). The Bertz CT molecular complexity index is 1310. The molecule has 0 aliphatic rings. The van der Waals surface area contributed by atoms with E-state index < -0.39 is 17.3 Å². The van der Waals surface area contributed by atoms with Crippen molar-refractivity contribution in [3.05, 3.63) is 83.4 Å². The Morgan fingerprint density at radius 1 is 0.829 bits per heavy atom. The normalized spacial score (nSPS) is 11.7. The number of hydroxylamine groups is 2. The molecule has 0 aliphatic heterocycles. The van der Waals surface area contributed by atoms with Gasteiger partial charge in [-0.2, -0.15) is 0 Å². The molecule has 0 aliphatic carbocycles. The second-order valence-electron chi connectivity index (χ2n) is 12.1. The van der Waals surface area contributed by atoms with E-state index in [1.54, 1.807) is 4.90 Å². The van der Waals surface area contributed by atoms with Crippen LogP contribution in [-0.4, -0.2) is 59.2 Å². The summed E-state index contributed by atoms with van der Waals surface area (Å²) in [6.07, 6.45) is 1.78. The van der Waals surface area contributed by atoms with Crippen LogP contribution in [0.2, 0.25) is 0 Å². The number of hydrogen-bond donors (Lipinski definition) is 1. The Kier molecular flexibility index (Phi) is 10.9. The molecule has 0 saturated carbocycles. The first-order chi connectivity index (χ1) is 19.3. The molecule has 8 heteroatoms. The lowest BCUT2D eigenvalue weighted by Crippen LogP contribution is -2.42. The zero-order valence-corrected chi connectivity index (χ0v) is 25.1. The fourth-order valence-electron chi connectivity index (χ4n) is 4.27. The van der Waals surface area contributed by atoms with Crippen LogP contribution in [0, 0.1) is 0 Å². The van der Waals surface area contributed by atoms with Gasteiger partial charge in [-0.15, -0.1) is 0 Å². The molecule has 0 bridgehead atoms. The van der Waals surface area contributed by atoms with Gasteiger partial charge in [0.25, 0.3) is 5.91 Å². The molecule has 8 nitrogen and oxygen atoms in total. The molecule has 41 heavy (non-hydrogen) atoms. The van der Waals surface area contributed by atoms with Crippen LogP contribution in [0.4, 0.5) is 4.79 Å². The number of aryl methyl sites for hydroxylation is 1. The highest BCUT2D eigenvalue weighted by Crippen LogP contribution is 2.17. The predicted octanol–water partition coefficient (Wildman–Crippen LogP) is 6.13. The second kappa shape index (κ2) is 14.1. The molecule has 0 atom stereocenters. The summed E-state index contributed by atoms with van der Waals surface area (Å²) in [7, 11) is 0. The predicted molar refractivity (Wildman–Crippen MR) is 161 cm³/mol. The van der Waals surface area contributed by atoms with Gasteiger partial charge in [0.15, 0.2) is 0 Å². The number of fused-ring (bicyclic) bond motifs is 1. The summed E-state index contributed by atoms with van der Waals surface area (Å²) in [5.74, 6) is -0.180. The quantitative estimate of drug-likeness (QED) is 0.212. The van der Waals surface area contributed by atoms with Crippen molar-refractivity contribution in [1.29, 1.82) is 0 Å². The molecule has 0 saturated heterocycles. The van der Waals surface area contributed by atoms with Crippen LogP contribution in [0.3, 0.4) is 0 Å². The smallest absolute Gasteiger partial charge is 0.410 e. The van der Waals surface area contributed by atoms with E-state index in [9.17, 15) is 14.4 Å². The van der Waals surface area contributed by atoms with Crippen molar-refractivity contribution >= 4 is 29.2 Å².